The van der Waals surface area contributed by atoms with Gasteiger partial charge in [0, 0.05) is 0 Å². The lowest BCUT2D eigenvalue weighted by Crippen LogP contribution is -1.94. The third-order valence-electron chi connectivity index (χ3n) is 1.81. The molecule has 0 aliphatic heterocycles. The Morgan fingerprint density at radius 1 is 1.36 bits per heavy atom. The van der Waals surface area contributed by atoms with Gasteiger partial charge in [-0.15, -0.1) is 0 Å². The highest BCUT2D eigenvalue weighted by Gasteiger charge is 2.10. The minimum absolute atomic E-state index is 0.236. The summed E-state index contributed by atoms with van der Waals surface area (Å²) in [6, 6.07) is 4.64. The average molecular weight is 257 g/mol. The fraction of sp³-hybridized carbons (Fsp3) is 0.111. The lowest BCUT2D eigenvalue weighted by Gasteiger charge is -2.04. The quantitative estimate of drug-likeness (QED) is 0.736. The highest BCUT2D eigenvalue weighted by atomic mass is 79.9. The van der Waals surface area contributed by atoms with E-state index < -0.39 is 0 Å². The zero-order chi connectivity index (χ0) is 10.1. The predicted octanol–water partition coefficient (Wildman–Crippen LogP) is 2.54. The molecule has 1 heterocycles. The van der Waals surface area contributed by atoms with Crippen molar-refractivity contribution in [2.75, 3.05) is 7.11 Å². The third kappa shape index (κ3) is 1.43. The van der Waals surface area contributed by atoms with Crippen LogP contribution in [-0.2, 0) is 0 Å². The molecular formula is C9H6BrFN2O. The summed E-state index contributed by atoms with van der Waals surface area (Å²) in [5.74, 6) is -0.146. The van der Waals surface area contributed by atoms with Crippen LogP contribution in [0, 0.1) is 5.82 Å². The Morgan fingerprint density at radius 2 is 2.14 bits per heavy atom. The molecule has 1 aromatic carbocycles. The molecule has 5 heteroatoms. The van der Waals surface area contributed by atoms with Gasteiger partial charge in [0.1, 0.15) is 5.82 Å². The van der Waals surface area contributed by atoms with Gasteiger partial charge in [0.2, 0.25) is 10.6 Å². The van der Waals surface area contributed by atoms with Crippen molar-refractivity contribution in [2.45, 2.75) is 0 Å². The van der Waals surface area contributed by atoms with Gasteiger partial charge in [0.05, 0.1) is 18.0 Å². The Labute approximate surface area is 88.1 Å². The van der Waals surface area contributed by atoms with Crippen molar-refractivity contribution in [1.29, 1.82) is 0 Å². The summed E-state index contributed by atoms with van der Waals surface area (Å²) >= 11 is 3.12. The summed E-state index contributed by atoms with van der Waals surface area (Å²) in [5, 5.41) is 0.304. The molecule has 0 bridgehead atoms. The lowest BCUT2D eigenvalue weighted by molar-refractivity contribution is 0.400. The minimum Gasteiger partial charge on any atom is -0.480 e. The van der Waals surface area contributed by atoms with Crippen molar-refractivity contribution in [2.24, 2.45) is 0 Å². The summed E-state index contributed by atoms with van der Waals surface area (Å²) in [6.07, 6.45) is 0. The normalized spacial score (nSPS) is 10.5. The first kappa shape index (κ1) is 9.33. The molecule has 72 valence electrons. The molecule has 0 aliphatic rings. The number of rotatable bonds is 1. The van der Waals surface area contributed by atoms with Gasteiger partial charge in [0.15, 0.2) is 0 Å². The molecule has 0 saturated heterocycles. The molecule has 14 heavy (non-hydrogen) atoms. The Bertz CT molecular complexity index is 489. The third-order valence-corrected chi connectivity index (χ3v) is 2.16. The van der Waals surface area contributed by atoms with E-state index in [9.17, 15) is 4.39 Å². The first-order chi connectivity index (χ1) is 6.72. The Hall–Kier alpha value is -1.23. The zero-order valence-electron chi connectivity index (χ0n) is 7.29. The number of ether oxygens (including phenoxy) is 1. The monoisotopic (exact) mass is 256 g/mol. The summed E-state index contributed by atoms with van der Waals surface area (Å²) in [4.78, 5) is 7.95. The van der Waals surface area contributed by atoms with E-state index in [0.717, 1.165) is 0 Å². The second kappa shape index (κ2) is 3.49. The molecule has 0 N–H and O–H groups in total. The van der Waals surface area contributed by atoms with Crippen molar-refractivity contribution >= 4 is 26.8 Å². The summed E-state index contributed by atoms with van der Waals surface area (Å²) in [6.45, 7) is 0. The van der Waals surface area contributed by atoms with Crippen LogP contribution >= 0.6 is 15.9 Å². The van der Waals surface area contributed by atoms with Crippen molar-refractivity contribution in [3.63, 3.8) is 0 Å². The van der Waals surface area contributed by atoms with Crippen LogP contribution in [0.25, 0.3) is 10.9 Å². The Morgan fingerprint density at radius 3 is 2.86 bits per heavy atom. The maximum absolute atomic E-state index is 13.4. The van der Waals surface area contributed by atoms with Crippen molar-refractivity contribution in [3.05, 3.63) is 28.7 Å². The number of halogens is 2. The molecule has 2 aromatic rings. The van der Waals surface area contributed by atoms with Crippen molar-refractivity contribution in [3.8, 4) is 5.88 Å². The van der Waals surface area contributed by atoms with Gasteiger partial charge in [-0.25, -0.2) is 9.37 Å². The fourth-order valence-corrected chi connectivity index (χ4v) is 1.58. The van der Waals surface area contributed by atoms with E-state index in [1.54, 1.807) is 12.1 Å². The molecule has 0 spiro atoms. The van der Waals surface area contributed by atoms with Crippen LogP contribution < -0.4 is 4.74 Å². The zero-order valence-corrected chi connectivity index (χ0v) is 8.88. The Kier molecular flexibility index (Phi) is 2.33. The van der Waals surface area contributed by atoms with E-state index >= 15 is 0 Å². The number of methoxy groups -OCH3 is 1. The molecule has 3 nitrogen and oxygen atoms in total. The van der Waals surface area contributed by atoms with Gasteiger partial charge >= 0.3 is 0 Å². The fourth-order valence-electron chi connectivity index (χ4n) is 1.23. The van der Waals surface area contributed by atoms with Gasteiger partial charge in [-0.05, 0) is 28.1 Å². The highest BCUT2D eigenvalue weighted by molar-refractivity contribution is 9.10. The minimum atomic E-state index is -0.383. The van der Waals surface area contributed by atoms with E-state index in [0.29, 0.717) is 15.6 Å². The van der Waals surface area contributed by atoms with Crippen molar-refractivity contribution < 1.29 is 9.13 Å². The molecule has 0 atom stereocenters. The first-order valence-corrected chi connectivity index (χ1v) is 4.67. The number of hydrogen-bond acceptors (Lipinski definition) is 3. The van der Waals surface area contributed by atoms with Gasteiger partial charge in [-0.2, -0.15) is 4.98 Å². The maximum atomic E-state index is 13.4. The van der Waals surface area contributed by atoms with Crippen LogP contribution in [0.2, 0.25) is 0 Å². The second-order valence-corrected chi connectivity index (χ2v) is 3.35. The standard InChI is InChI=1S/C9H6BrFN2O/c1-14-8-7-5(11)3-2-4-6(7)12-9(10)13-8/h2-4H,1H3. The summed E-state index contributed by atoms with van der Waals surface area (Å²) in [5.41, 5.74) is 0.517. The molecule has 0 unspecified atom stereocenters. The van der Waals surface area contributed by atoms with Crippen LogP contribution in [0.3, 0.4) is 0 Å². The molecule has 0 saturated carbocycles. The highest BCUT2D eigenvalue weighted by Crippen LogP contribution is 2.26. The molecule has 2 rings (SSSR count). The van der Waals surface area contributed by atoms with Crippen LogP contribution in [0.1, 0.15) is 0 Å². The average Bonchev–Trinajstić information content (AvgIpc) is 2.16. The Balaban J connectivity index is 2.88. The summed E-state index contributed by atoms with van der Waals surface area (Å²) < 4.78 is 18.7. The van der Waals surface area contributed by atoms with Gasteiger partial charge in [-0.3, -0.25) is 0 Å². The topological polar surface area (TPSA) is 35.0 Å². The van der Waals surface area contributed by atoms with Gasteiger partial charge in [0.25, 0.3) is 0 Å². The molecule has 1 aromatic heterocycles. The van der Waals surface area contributed by atoms with E-state index in [4.69, 9.17) is 4.74 Å². The van der Waals surface area contributed by atoms with Crippen LogP contribution in [0.4, 0.5) is 4.39 Å². The van der Waals surface area contributed by atoms with E-state index in [2.05, 4.69) is 25.9 Å². The molecule has 0 amide bonds. The number of benzene rings is 1. The number of aromatic nitrogens is 2. The SMILES string of the molecule is COc1nc(Br)nc2cccc(F)c12. The van der Waals surface area contributed by atoms with Crippen molar-refractivity contribution in [1.82, 2.24) is 9.97 Å². The van der Waals surface area contributed by atoms with Gasteiger partial charge in [-0.1, -0.05) is 6.07 Å². The number of hydrogen-bond donors (Lipinski definition) is 0. The molecular weight excluding hydrogens is 251 g/mol. The lowest BCUT2D eigenvalue weighted by atomic mass is 10.2. The van der Waals surface area contributed by atoms with Crippen LogP contribution in [-0.4, -0.2) is 17.1 Å². The van der Waals surface area contributed by atoms with Crippen LogP contribution in [0.5, 0.6) is 5.88 Å². The first-order valence-electron chi connectivity index (χ1n) is 3.88. The van der Waals surface area contributed by atoms with E-state index in [-0.39, 0.29) is 11.7 Å². The van der Waals surface area contributed by atoms with E-state index in [1.807, 2.05) is 0 Å². The van der Waals surface area contributed by atoms with Gasteiger partial charge < -0.3 is 4.74 Å². The number of nitrogens with zero attached hydrogens (tertiary/aromatic N) is 2. The number of fused-ring (bicyclic) bond motifs is 1. The second-order valence-electron chi connectivity index (χ2n) is 2.64. The molecule has 0 radical (unpaired) electrons. The molecule has 0 fully saturated rings. The smallest absolute Gasteiger partial charge is 0.228 e. The molecule has 0 aliphatic carbocycles. The summed E-state index contributed by atoms with van der Waals surface area (Å²) in [7, 11) is 1.45. The van der Waals surface area contributed by atoms with Crippen LogP contribution in [0.15, 0.2) is 22.9 Å². The maximum Gasteiger partial charge on any atom is 0.228 e. The van der Waals surface area contributed by atoms with E-state index in [1.165, 1.54) is 13.2 Å². The largest absolute Gasteiger partial charge is 0.480 e. The predicted molar refractivity (Wildman–Crippen MR) is 53.7 cm³/mol.